The first-order valence-electron chi connectivity index (χ1n) is 6.83. The predicted octanol–water partition coefficient (Wildman–Crippen LogP) is 0.863. The summed E-state index contributed by atoms with van der Waals surface area (Å²) in [5, 5.41) is 9.37. The molecule has 1 amide bonds. The molecule has 7 heteroatoms. The SMILES string of the molecule is COC(=O)C(C)N1C(=O)C(C)Oc2c(OC)cc(CO)cc21. The lowest BCUT2D eigenvalue weighted by atomic mass is 10.1. The maximum Gasteiger partial charge on any atom is 0.328 e. The number of hydrogen-bond donors (Lipinski definition) is 1. The van der Waals surface area contributed by atoms with Gasteiger partial charge in [-0.2, -0.15) is 0 Å². The molecule has 22 heavy (non-hydrogen) atoms. The van der Waals surface area contributed by atoms with Crippen LogP contribution in [0.15, 0.2) is 12.1 Å². The van der Waals surface area contributed by atoms with Crippen molar-refractivity contribution in [2.75, 3.05) is 19.1 Å². The molecule has 7 nitrogen and oxygen atoms in total. The van der Waals surface area contributed by atoms with Crippen molar-refractivity contribution >= 4 is 17.6 Å². The second-order valence-corrected chi connectivity index (χ2v) is 4.97. The average Bonchev–Trinajstić information content (AvgIpc) is 2.53. The molecule has 0 fully saturated rings. The molecule has 2 unspecified atom stereocenters. The number of nitrogens with zero attached hydrogens (tertiary/aromatic N) is 1. The summed E-state index contributed by atoms with van der Waals surface area (Å²) in [5.41, 5.74) is 0.924. The molecule has 1 N–H and O–H groups in total. The summed E-state index contributed by atoms with van der Waals surface area (Å²) >= 11 is 0. The molecule has 1 aromatic rings. The van der Waals surface area contributed by atoms with Crippen molar-refractivity contribution in [2.45, 2.75) is 32.6 Å². The van der Waals surface area contributed by atoms with Crippen molar-refractivity contribution in [3.05, 3.63) is 17.7 Å². The molecule has 2 rings (SSSR count). The summed E-state index contributed by atoms with van der Waals surface area (Å²) in [6.07, 6.45) is -0.756. The first-order valence-corrected chi connectivity index (χ1v) is 6.83. The molecule has 0 radical (unpaired) electrons. The van der Waals surface area contributed by atoms with Gasteiger partial charge in [-0.1, -0.05) is 0 Å². The minimum absolute atomic E-state index is 0.228. The Labute approximate surface area is 128 Å². The first kappa shape index (κ1) is 16.1. The molecule has 0 saturated carbocycles. The molecular weight excluding hydrogens is 290 g/mol. The number of rotatable bonds is 4. The van der Waals surface area contributed by atoms with Crippen LogP contribution in [0.4, 0.5) is 5.69 Å². The standard InChI is InChI=1S/C15H19NO6/c1-8(15(19)21-4)16-11-5-10(7-17)6-12(20-3)13(11)22-9(2)14(16)18/h5-6,8-9,17H,7H2,1-4H3. The van der Waals surface area contributed by atoms with Gasteiger partial charge in [-0.15, -0.1) is 0 Å². The molecule has 2 atom stereocenters. The molecule has 120 valence electrons. The van der Waals surface area contributed by atoms with E-state index in [0.29, 0.717) is 22.7 Å². The van der Waals surface area contributed by atoms with Gasteiger partial charge in [0.2, 0.25) is 0 Å². The van der Waals surface area contributed by atoms with E-state index >= 15 is 0 Å². The van der Waals surface area contributed by atoms with Gasteiger partial charge in [0, 0.05) is 0 Å². The smallest absolute Gasteiger partial charge is 0.328 e. The molecule has 1 aromatic carbocycles. The number of benzene rings is 1. The van der Waals surface area contributed by atoms with E-state index in [2.05, 4.69) is 0 Å². The van der Waals surface area contributed by atoms with Crippen LogP contribution in [0.3, 0.4) is 0 Å². The van der Waals surface area contributed by atoms with Crippen LogP contribution >= 0.6 is 0 Å². The quantitative estimate of drug-likeness (QED) is 0.830. The number of ether oxygens (including phenoxy) is 3. The van der Waals surface area contributed by atoms with Crippen LogP contribution in [0.5, 0.6) is 11.5 Å². The number of hydrogen-bond acceptors (Lipinski definition) is 6. The number of aliphatic hydroxyl groups is 1. The molecular formula is C15H19NO6. The van der Waals surface area contributed by atoms with E-state index in [9.17, 15) is 14.7 Å². The minimum atomic E-state index is -0.818. The van der Waals surface area contributed by atoms with Crippen molar-refractivity contribution in [3.8, 4) is 11.5 Å². The van der Waals surface area contributed by atoms with E-state index in [1.165, 1.54) is 19.1 Å². The fourth-order valence-electron chi connectivity index (χ4n) is 2.40. The van der Waals surface area contributed by atoms with Crippen LogP contribution in [0.1, 0.15) is 19.4 Å². The Kier molecular flexibility index (Phi) is 4.56. The molecule has 0 saturated heterocycles. The molecule has 1 heterocycles. The van der Waals surface area contributed by atoms with Crippen molar-refractivity contribution < 1.29 is 28.9 Å². The third-order valence-corrected chi connectivity index (χ3v) is 3.57. The second-order valence-electron chi connectivity index (χ2n) is 4.97. The van der Waals surface area contributed by atoms with Gasteiger partial charge in [0.1, 0.15) is 6.04 Å². The summed E-state index contributed by atoms with van der Waals surface area (Å²) in [5.74, 6) is -0.144. The third-order valence-electron chi connectivity index (χ3n) is 3.57. The summed E-state index contributed by atoms with van der Waals surface area (Å²) in [4.78, 5) is 25.6. The third kappa shape index (κ3) is 2.59. The topological polar surface area (TPSA) is 85.3 Å². The lowest BCUT2D eigenvalue weighted by Crippen LogP contribution is -2.51. The van der Waals surface area contributed by atoms with E-state index in [-0.39, 0.29) is 12.5 Å². The molecule has 0 aromatic heterocycles. The number of carbonyl (C=O) groups is 2. The number of methoxy groups -OCH3 is 2. The van der Waals surface area contributed by atoms with Gasteiger partial charge in [-0.05, 0) is 31.5 Å². The number of esters is 1. The molecule has 0 spiro atoms. The number of amides is 1. The lowest BCUT2D eigenvalue weighted by molar-refractivity contribution is -0.143. The highest BCUT2D eigenvalue weighted by Gasteiger charge is 2.39. The average molecular weight is 309 g/mol. The fraction of sp³-hybridized carbons (Fsp3) is 0.467. The van der Waals surface area contributed by atoms with Crippen LogP contribution in [0, 0.1) is 0 Å². The lowest BCUT2D eigenvalue weighted by Gasteiger charge is -2.36. The van der Waals surface area contributed by atoms with Crippen molar-refractivity contribution in [2.24, 2.45) is 0 Å². The Balaban J connectivity index is 2.61. The zero-order valence-electron chi connectivity index (χ0n) is 13.0. The van der Waals surface area contributed by atoms with Gasteiger partial charge < -0.3 is 19.3 Å². The number of carbonyl (C=O) groups excluding carboxylic acids is 2. The van der Waals surface area contributed by atoms with Crippen LogP contribution in [0.2, 0.25) is 0 Å². The van der Waals surface area contributed by atoms with Gasteiger partial charge in [-0.3, -0.25) is 9.69 Å². The molecule has 1 aliphatic heterocycles. The van der Waals surface area contributed by atoms with Crippen LogP contribution in [-0.4, -0.2) is 43.3 Å². The monoisotopic (exact) mass is 309 g/mol. The van der Waals surface area contributed by atoms with E-state index in [0.717, 1.165) is 0 Å². The zero-order valence-corrected chi connectivity index (χ0v) is 13.0. The highest BCUT2D eigenvalue weighted by atomic mass is 16.5. The van der Waals surface area contributed by atoms with Gasteiger partial charge in [0.25, 0.3) is 5.91 Å². The van der Waals surface area contributed by atoms with Crippen LogP contribution < -0.4 is 14.4 Å². The number of fused-ring (bicyclic) bond motifs is 1. The van der Waals surface area contributed by atoms with Crippen LogP contribution in [0.25, 0.3) is 0 Å². The van der Waals surface area contributed by atoms with E-state index in [4.69, 9.17) is 14.2 Å². The Bertz CT molecular complexity index is 600. The largest absolute Gasteiger partial charge is 0.493 e. The Morgan fingerprint density at radius 1 is 1.45 bits per heavy atom. The Morgan fingerprint density at radius 3 is 2.68 bits per heavy atom. The molecule has 1 aliphatic rings. The zero-order chi connectivity index (χ0) is 16.4. The van der Waals surface area contributed by atoms with Crippen molar-refractivity contribution in [3.63, 3.8) is 0 Å². The van der Waals surface area contributed by atoms with E-state index in [1.807, 2.05) is 0 Å². The van der Waals surface area contributed by atoms with E-state index in [1.54, 1.807) is 26.0 Å². The number of anilines is 1. The minimum Gasteiger partial charge on any atom is -0.493 e. The molecule has 0 bridgehead atoms. The Morgan fingerprint density at radius 2 is 2.14 bits per heavy atom. The maximum absolute atomic E-state index is 12.4. The normalized spacial score (nSPS) is 18.3. The van der Waals surface area contributed by atoms with Gasteiger partial charge in [-0.25, -0.2) is 4.79 Å². The highest BCUT2D eigenvalue weighted by molar-refractivity contribution is 6.04. The summed E-state index contributed by atoms with van der Waals surface area (Å²) < 4.78 is 15.6. The second kappa shape index (κ2) is 6.23. The first-order chi connectivity index (χ1) is 10.4. The number of aliphatic hydroxyl groups excluding tert-OH is 1. The summed E-state index contributed by atoms with van der Waals surface area (Å²) in [6, 6.07) is 2.41. The van der Waals surface area contributed by atoms with Crippen molar-refractivity contribution in [1.29, 1.82) is 0 Å². The highest BCUT2D eigenvalue weighted by Crippen LogP contribution is 2.43. The maximum atomic E-state index is 12.4. The van der Waals surface area contributed by atoms with Gasteiger partial charge in [0.05, 0.1) is 26.5 Å². The summed E-state index contributed by atoms with van der Waals surface area (Å²) in [6.45, 7) is 2.94. The van der Waals surface area contributed by atoms with Crippen LogP contribution in [-0.2, 0) is 20.9 Å². The van der Waals surface area contributed by atoms with Crippen molar-refractivity contribution in [1.82, 2.24) is 0 Å². The fourth-order valence-corrected chi connectivity index (χ4v) is 2.40. The predicted molar refractivity (Wildman–Crippen MR) is 78.0 cm³/mol. The Hall–Kier alpha value is -2.28. The van der Waals surface area contributed by atoms with Gasteiger partial charge >= 0.3 is 5.97 Å². The summed E-state index contributed by atoms with van der Waals surface area (Å²) in [7, 11) is 2.73. The molecule has 0 aliphatic carbocycles. The van der Waals surface area contributed by atoms with Gasteiger partial charge in [0.15, 0.2) is 17.6 Å². The van der Waals surface area contributed by atoms with E-state index < -0.39 is 18.1 Å².